The predicted molar refractivity (Wildman–Crippen MR) is 134 cm³/mol. The number of rotatable bonds is 8. The summed E-state index contributed by atoms with van der Waals surface area (Å²) in [6.45, 7) is 3.70. The summed E-state index contributed by atoms with van der Waals surface area (Å²) in [7, 11) is 0. The lowest BCUT2D eigenvalue weighted by atomic mass is 9.77. The van der Waals surface area contributed by atoms with Gasteiger partial charge < -0.3 is 9.47 Å². The van der Waals surface area contributed by atoms with Gasteiger partial charge in [0, 0.05) is 5.56 Å². The van der Waals surface area contributed by atoms with Crippen molar-refractivity contribution in [2.45, 2.75) is 71.1 Å². The zero-order valence-corrected chi connectivity index (χ0v) is 21.0. The number of benzene rings is 3. The summed E-state index contributed by atoms with van der Waals surface area (Å²) in [5.41, 5.74) is 2.39. The molecule has 1 aliphatic carbocycles. The number of aryl methyl sites for hydroxylation is 1. The first-order valence-electron chi connectivity index (χ1n) is 12.8. The molecule has 3 aromatic carbocycles. The van der Waals surface area contributed by atoms with Gasteiger partial charge in [-0.15, -0.1) is 13.2 Å². The summed E-state index contributed by atoms with van der Waals surface area (Å²) >= 11 is 0. The van der Waals surface area contributed by atoms with Crippen molar-refractivity contribution in [1.29, 1.82) is 0 Å². The predicted octanol–water partition coefficient (Wildman–Crippen LogP) is 10.1. The summed E-state index contributed by atoms with van der Waals surface area (Å²) < 4.78 is 76.3. The van der Waals surface area contributed by atoms with Crippen molar-refractivity contribution in [3.8, 4) is 28.4 Å². The second-order valence-electron chi connectivity index (χ2n) is 9.80. The van der Waals surface area contributed by atoms with Crippen LogP contribution in [0.15, 0.2) is 54.6 Å². The lowest BCUT2D eigenvalue weighted by Crippen LogP contribution is -2.16. The molecule has 0 N–H and O–H groups in total. The van der Waals surface area contributed by atoms with E-state index in [9.17, 15) is 17.6 Å². The lowest BCUT2D eigenvalue weighted by molar-refractivity contribution is -0.274. The van der Waals surface area contributed by atoms with Gasteiger partial charge in [-0.3, -0.25) is 0 Å². The minimum Gasteiger partial charge on any atom is -0.454 e. The van der Waals surface area contributed by atoms with Gasteiger partial charge in [0.2, 0.25) is 5.82 Å². The Balaban J connectivity index is 1.54. The van der Waals surface area contributed by atoms with E-state index in [1.54, 1.807) is 0 Å². The van der Waals surface area contributed by atoms with Crippen molar-refractivity contribution >= 4 is 0 Å². The van der Waals surface area contributed by atoms with E-state index in [4.69, 9.17) is 4.74 Å². The maximum atomic E-state index is 15.0. The number of alkyl halides is 3. The molecule has 3 aromatic rings. The van der Waals surface area contributed by atoms with Crippen molar-refractivity contribution in [2.75, 3.05) is 0 Å². The molecule has 198 valence electrons. The van der Waals surface area contributed by atoms with Crippen molar-refractivity contribution in [2.24, 2.45) is 5.92 Å². The first-order valence-corrected chi connectivity index (χ1v) is 12.8. The summed E-state index contributed by atoms with van der Waals surface area (Å²) in [6.07, 6.45) is 3.77. The zero-order chi connectivity index (χ0) is 26.6. The first kappa shape index (κ1) is 27.0. The highest BCUT2D eigenvalue weighted by Crippen LogP contribution is 2.41. The monoisotopic (exact) mass is 518 g/mol. The van der Waals surface area contributed by atoms with Gasteiger partial charge in [-0.05, 0) is 91.5 Å². The first-order chi connectivity index (χ1) is 17.6. The Morgan fingerprint density at radius 3 is 2.05 bits per heavy atom. The van der Waals surface area contributed by atoms with E-state index in [0.29, 0.717) is 17.0 Å². The molecule has 0 bridgehead atoms. The van der Waals surface area contributed by atoms with Gasteiger partial charge in [0.15, 0.2) is 11.6 Å². The lowest BCUT2D eigenvalue weighted by Gasteiger charge is -2.29. The highest BCUT2D eigenvalue weighted by atomic mass is 19.4. The second-order valence-corrected chi connectivity index (χ2v) is 9.80. The van der Waals surface area contributed by atoms with Gasteiger partial charge in [-0.1, -0.05) is 50.5 Å². The van der Waals surface area contributed by atoms with Crippen LogP contribution in [-0.4, -0.2) is 6.36 Å². The Morgan fingerprint density at radius 2 is 1.46 bits per heavy atom. The average Bonchev–Trinajstić information content (AvgIpc) is 2.88. The molecule has 0 aliphatic heterocycles. The third kappa shape index (κ3) is 6.82. The molecule has 0 radical (unpaired) electrons. The van der Waals surface area contributed by atoms with Crippen LogP contribution >= 0.6 is 0 Å². The van der Waals surface area contributed by atoms with Crippen LogP contribution in [0, 0.1) is 24.5 Å². The Labute approximate surface area is 214 Å². The molecule has 0 spiro atoms. The maximum Gasteiger partial charge on any atom is 0.573 e. The molecule has 0 amide bonds. The molecule has 0 saturated heterocycles. The number of unbranched alkanes of at least 4 members (excludes halogenated alkanes) is 1. The Morgan fingerprint density at radius 1 is 0.838 bits per heavy atom. The highest BCUT2D eigenvalue weighted by Gasteiger charge is 2.31. The van der Waals surface area contributed by atoms with Gasteiger partial charge in [-0.25, -0.2) is 4.39 Å². The number of ether oxygens (including phenoxy) is 2. The van der Waals surface area contributed by atoms with Crippen LogP contribution in [0.2, 0.25) is 0 Å². The number of halogens is 5. The van der Waals surface area contributed by atoms with Crippen molar-refractivity contribution < 1.29 is 31.4 Å². The average molecular weight is 519 g/mol. The van der Waals surface area contributed by atoms with Crippen molar-refractivity contribution in [3.63, 3.8) is 0 Å². The molecule has 0 heterocycles. The molecule has 7 heteroatoms. The topological polar surface area (TPSA) is 18.5 Å². The maximum absolute atomic E-state index is 15.0. The summed E-state index contributed by atoms with van der Waals surface area (Å²) in [5.74, 6) is -1.59. The third-order valence-electron chi connectivity index (χ3n) is 7.13. The fraction of sp³-hybridized carbons (Fsp3) is 0.400. The molecule has 0 unspecified atom stereocenters. The zero-order valence-electron chi connectivity index (χ0n) is 21.0. The minimum atomic E-state index is -4.83. The Kier molecular flexibility index (Phi) is 8.40. The summed E-state index contributed by atoms with van der Waals surface area (Å²) in [6, 6.07) is 13.9. The number of hydrogen-bond acceptors (Lipinski definition) is 2. The Hall–Kier alpha value is -3.09. The van der Waals surface area contributed by atoms with Gasteiger partial charge >= 0.3 is 6.36 Å². The van der Waals surface area contributed by atoms with E-state index in [0.717, 1.165) is 30.9 Å². The van der Waals surface area contributed by atoms with E-state index >= 15 is 4.39 Å². The van der Waals surface area contributed by atoms with Crippen LogP contribution in [0.3, 0.4) is 0 Å². The SMILES string of the molecule is CCCC[C@H]1CC[C@H](c2ccc(-c3cc(C)c(F)c(F)c3Oc3ccc(OC(F)(F)F)cc3)cc2)CC1. The minimum absolute atomic E-state index is 0.0504. The normalized spacial score (nSPS) is 18.0. The quantitative estimate of drug-likeness (QED) is 0.276. The summed E-state index contributed by atoms with van der Waals surface area (Å²) in [5, 5.41) is 0. The fourth-order valence-electron chi connectivity index (χ4n) is 5.09. The van der Waals surface area contributed by atoms with Crippen LogP contribution in [0.4, 0.5) is 22.0 Å². The van der Waals surface area contributed by atoms with E-state index in [1.807, 2.05) is 24.3 Å². The molecular formula is C30H31F5O2. The van der Waals surface area contributed by atoms with E-state index < -0.39 is 23.7 Å². The van der Waals surface area contributed by atoms with E-state index in [-0.39, 0.29) is 17.1 Å². The smallest absolute Gasteiger partial charge is 0.454 e. The van der Waals surface area contributed by atoms with Gasteiger partial charge in [-0.2, -0.15) is 4.39 Å². The van der Waals surface area contributed by atoms with Crippen LogP contribution in [0.5, 0.6) is 17.2 Å². The van der Waals surface area contributed by atoms with E-state index in [2.05, 4.69) is 11.7 Å². The molecular weight excluding hydrogens is 487 g/mol. The van der Waals surface area contributed by atoms with Crippen LogP contribution < -0.4 is 9.47 Å². The fourth-order valence-corrected chi connectivity index (χ4v) is 5.09. The second kappa shape index (κ2) is 11.5. The molecule has 1 fully saturated rings. The van der Waals surface area contributed by atoms with Gasteiger partial charge in [0.25, 0.3) is 0 Å². The highest BCUT2D eigenvalue weighted by molar-refractivity contribution is 5.72. The molecule has 2 nitrogen and oxygen atoms in total. The molecule has 37 heavy (non-hydrogen) atoms. The van der Waals surface area contributed by atoms with Crippen LogP contribution in [0.1, 0.15) is 68.9 Å². The van der Waals surface area contributed by atoms with Gasteiger partial charge in [0.05, 0.1) is 0 Å². The summed E-state index contributed by atoms with van der Waals surface area (Å²) in [4.78, 5) is 0. The standard InChI is InChI=1S/C30H31F5O2/c1-3-4-5-20-6-8-21(9-7-20)22-10-12-23(13-11-22)26-18-19(2)27(31)28(32)29(26)36-24-14-16-25(17-15-24)37-30(33,34)35/h10-18,20-21H,3-9H2,1-2H3/t20-,21-. The largest absolute Gasteiger partial charge is 0.573 e. The van der Waals surface area contributed by atoms with E-state index in [1.165, 1.54) is 62.8 Å². The van der Waals surface area contributed by atoms with Crippen LogP contribution in [-0.2, 0) is 0 Å². The number of hydrogen-bond donors (Lipinski definition) is 0. The molecule has 0 atom stereocenters. The van der Waals surface area contributed by atoms with Crippen molar-refractivity contribution in [3.05, 3.63) is 77.4 Å². The molecule has 1 saturated carbocycles. The van der Waals surface area contributed by atoms with Gasteiger partial charge in [0.1, 0.15) is 11.5 Å². The molecule has 0 aromatic heterocycles. The van der Waals surface area contributed by atoms with Crippen LogP contribution in [0.25, 0.3) is 11.1 Å². The molecule has 4 rings (SSSR count). The Bertz CT molecular complexity index is 1180. The molecule has 1 aliphatic rings. The van der Waals surface area contributed by atoms with Crippen molar-refractivity contribution in [1.82, 2.24) is 0 Å². The third-order valence-corrected chi connectivity index (χ3v) is 7.13.